The van der Waals surface area contributed by atoms with Crippen molar-refractivity contribution < 1.29 is 33.7 Å². The normalized spacial score (nSPS) is 18.0. The van der Waals surface area contributed by atoms with Crippen molar-refractivity contribution in [3.05, 3.63) is 35.5 Å². The Balaban J connectivity index is 3.04. The summed E-state index contributed by atoms with van der Waals surface area (Å²) in [7, 11) is 0. The van der Waals surface area contributed by atoms with Crippen LogP contribution in [0.1, 0.15) is 27.2 Å². The lowest BCUT2D eigenvalue weighted by molar-refractivity contribution is -0.152. The number of carbonyl (C=O) groups is 3. The molecule has 1 heterocycles. The van der Waals surface area contributed by atoms with Crippen molar-refractivity contribution in [2.24, 2.45) is 0 Å². The quantitative estimate of drug-likeness (QED) is 0.388. The van der Waals surface area contributed by atoms with Crippen molar-refractivity contribution in [3.8, 4) is 0 Å². The smallest absolute Gasteiger partial charge is 0.333 e. The van der Waals surface area contributed by atoms with Crippen molar-refractivity contribution in [2.75, 3.05) is 13.2 Å². The Morgan fingerprint density at radius 3 is 2.12 bits per heavy atom. The monoisotopic (exact) mass is 338 g/mol. The van der Waals surface area contributed by atoms with Gasteiger partial charge in [0, 0.05) is 23.1 Å². The molecule has 0 saturated carbocycles. The molecule has 1 fully saturated rings. The zero-order chi connectivity index (χ0) is 18.4. The summed E-state index contributed by atoms with van der Waals surface area (Å²) in [6, 6.07) is 0. The van der Waals surface area contributed by atoms with Crippen LogP contribution in [0, 0.1) is 0 Å². The minimum absolute atomic E-state index is 0.0244. The van der Waals surface area contributed by atoms with E-state index in [1.54, 1.807) is 0 Å². The van der Waals surface area contributed by atoms with Crippen molar-refractivity contribution in [3.63, 3.8) is 0 Å². The number of hydrogen-bond donors (Lipinski definition) is 1. The van der Waals surface area contributed by atoms with Crippen LogP contribution in [0.15, 0.2) is 35.5 Å². The highest BCUT2D eigenvalue weighted by Gasteiger charge is 2.32. The van der Waals surface area contributed by atoms with Gasteiger partial charge in [-0.25, -0.2) is 14.4 Å². The molecule has 1 aliphatic heterocycles. The highest BCUT2D eigenvalue weighted by atomic mass is 16.6. The van der Waals surface area contributed by atoms with Crippen molar-refractivity contribution in [1.82, 2.24) is 0 Å². The fourth-order valence-corrected chi connectivity index (χ4v) is 1.80. The number of carboxylic acids is 1. The Hall–Kier alpha value is -2.41. The first-order chi connectivity index (χ1) is 11.1. The van der Waals surface area contributed by atoms with E-state index >= 15 is 0 Å². The molecule has 1 saturated heterocycles. The maximum absolute atomic E-state index is 11.8. The summed E-state index contributed by atoms with van der Waals surface area (Å²) in [6.07, 6.45) is -0.883. The molecule has 0 aromatic rings. The predicted molar refractivity (Wildman–Crippen MR) is 85.2 cm³/mol. The van der Waals surface area contributed by atoms with Gasteiger partial charge in [0.2, 0.25) is 0 Å². The highest BCUT2D eigenvalue weighted by Crippen LogP contribution is 2.26. The second-order valence-corrected chi connectivity index (χ2v) is 5.67. The fourth-order valence-electron chi connectivity index (χ4n) is 1.80. The highest BCUT2D eigenvalue weighted by molar-refractivity contribution is 5.89. The number of hydrogen-bond acceptors (Lipinski definition) is 6. The number of esters is 2. The zero-order valence-electron chi connectivity index (χ0n) is 14.1. The van der Waals surface area contributed by atoms with Gasteiger partial charge in [-0.2, -0.15) is 0 Å². The molecular weight excluding hydrogens is 316 g/mol. The number of ether oxygens (including phenoxy) is 3. The van der Waals surface area contributed by atoms with E-state index in [-0.39, 0.29) is 35.9 Å². The van der Waals surface area contributed by atoms with Gasteiger partial charge in [0.1, 0.15) is 6.61 Å². The van der Waals surface area contributed by atoms with E-state index in [9.17, 15) is 19.5 Å². The van der Waals surface area contributed by atoms with Gasteiger partial charge in [-0.3, -0.25) is 0 Å². The molecule has 1 N–H and O–H groups in total. The molecule has 1 rings (SSSR count). The molecule has 0 radical (unpaired) electrons. The lowest BCUT2D eigenvalue weighted by Crippen LogP contribution is -2.30. The van der Waals surface area contributed by atoms with Crippen LogP contribution in [0.5, 0.6) is 0 Å². The number of epoxide rings is 1. The average molecular weight is 338 g/mol. The zero-order valence-corrected chi connectivity index (χ0v) is 14.1. The van der Waals surface area contributed by atoms with Gasteiger partial charge in [-0.1, -0.05) is 13.2 Å². The van der Waals surface area contributed by atoms with Gasteiger partial charge in [-0.05, 0) is 26.3 Å². The van der Waals surface area contributed by atoms with Crippen molar-refractivity contribution >= 4 is 17.9 Å². The Morgan fingerprint density at radius 2 is 1.71 bits per heavy atom. The minimum Gasteiger partial charge on any atom is -0.478 e. The van der Waals surface area contributed by atoms with Crippen LogP contribution >= 0.6 is 0 Å². The van der Waals surface area contributed by atoms with Gasteiger partial charge in [0.05, 0.1) is 12.7 Å². The molecule has 132 valence electrons. The second kappa shape index (κ2) is 8.44. The van der Waals surface area contributed by atoms with Gasteiger partial charge < -0.3 is 19.3 Å². The van der Waals surface area contributed by atoms with Crippen LogP contribution < -0.4 is 0 Å². The fraction of sp³-hybridized carbons (Fsp3) is 0.471. The first kappa shape index (κ1) is 19.6. The third kappa shape index (κ3) is 6.00. The van der Waals surface area contributed by atoms with Crippen LogP contribution in [-0.4, -0.2) is 48.4 Å². The number of rotatable bonds is 9. The first-order valence-electron chi connectivity index (χ1n) is 7.37. The maximum Gasteiger partial charge on any atom is 0.333 e. The Morgan fingerprint density at radius 1 is 1.17 bits per heavy atom. The molecule has 0 bridgehead atoms. The molecule has 0 aromatic heterocycles. The molecule has 7 heteroatoms. The van der Waals surface area contributed by atoms with Crippen LogP contribution in [0.3, 0.4) is 0 Å². The van der Waals surface area contributed by atoms with E-state index in [0.29, 0.717) is 12.2 Å². The summed E-state index contributed by atoms with van der Waals surface area (Å²) < 4.78 is 15.5. The third-order valence-corrected chi connectivity index (χ3v) is 3.35. The molecule has 2 unspecified atom stereocenters. The summed E-state index contributed by atoms with van der Waals surface area (Å²) in [5, 5.41) is 9.26. The molecule has 0 aromatic carbocycles. The maximum atomic E-state index is 11.8. The largest absolute Gasteiger partial charge is 0.478 e. The van der Waals surface area contributed by atoms with Gasteiger partial charge in [-0.15, -0.1) is 0 Å². The van der Waals surface area contributed by atoms with Gasteiger partial charge >= 0.3 is 17.9 Å². The van der Waals surface area contributed by atoms with E-state index < -0.39 is 24.0 Å². The third-order valence-electron chi connectivity index (χ3n) is 3.35. The summed E-state index contributed by atoms with van der Waals surface area (Å²) in [5.41, 5.74) is 0.706. The number of aliphatic carboxylic acids is 1. The second-order valence-electron chi connectivity index (χ2n) is 5.67. The summed E-state index contributed by atoms with van der Waals surface area (Å²) in [4.78, 5) is 34.8. The van der Waals surface area contributed by atoms with Crippen LogP contribution in [0.4, 0.5) is 0 Å². The van der Waals surface area contributed by atoms with Gasteiger partial charge in [0.25, 0.3) is 0 Å². The van der Waals surface area contributed by atoms with Crippen molar-refractivity contribution in [1.29, 1.82) is 0 Å². The lowest BCUT2D eigenvalue weighted by Gasteiger charge is -2.22. The van der Waals surface area contributed by atoms with E-state index in [4.69, 9.17) is 14.2 Å². The lowest BCUT2D eigenvalue weighted by atomic mass is 9.98. The summed E-state index contributed by atoms with van der Waals surface area (Å²) >= 11 is 0. The van der Waals surface area contributed by atoms with E-state index in [1.165, 1.54) is 20.8 Å². The van der Waals surface area contributed by atoms with Crippen LogP contribution in [0.25, 0.3) is 0 Å². The first-order valence-corrected chi connectivity index (χ1v) is 7.37. The van der Waals surface area contributed by atoms with Crippen molar-refractivity contribution in [2.45, 2.75) is 39.4 Å². The molecule has 2 atom stereocenters. The molecule has 0 spiro atoms. The topological polar surface area (TPSA) is 102 Å². The molecular formula is C17H22O7. The minimum atomic E-state index is -1.15. The SMILES string of the molecule is C=C(C)C(=O)OCC(OC(=O)C(=C)C)C(CC1CO1)=C(C)C(=O)O. The van der Waals surface area contributed by atoms with Gasteiger partial charge in [0.15, 0.2) is 6.10 Å². The van der Waals surface area contributed by atoms with E-state index in [1.807, 2.05) is 0 Å². The molecule has 24 heavy (non-hydrogen) atoms. The molecule has 7 nitrogen and oxygen atoms in total. The number of carbonyl (C=O) groups excluding carboxylic acids is 2. The molecule has 1 aliphatic rings. The standard InChI is InChI=1S/C17H22O7/c1-9(2)16(20)23-8-14(24-17(21)10(3)4)13(6-12-7-22-12)11(5)15(18)19/h12,14H,1,3,6-8H2,2,4-5H3,(H,18,19). The molecule has 0 aliphatic carbocycles. The van der Waals surface area contributed by atoms with E-state index in [2.05, 4.69) is 13.2 Å². The predicted octanol–water partition coefficient (Wildman–Crippen LogP) is 1.78. The Bertz CT molecular complexity index is 596. The number of carboxylic acid groups (broad SMARTS) is 1. The average Bonchev–Trinajstić information content (AvgIpc) is 3.31. The van der Waals surface area contributed by atoms with Crippen LogP contribution in [0.2, 0.25) is 0 Å². The summed E-state index contributed by atoms with van der Waals surface area (Å²) in [6.45, 7) is 11.5. The molecule has 0 amide bonds. The van der Waals surface area contributed by atoms with E-state index in [0.717, 1.165) is 0 Å². The Kier molecular flexibility index (Phi) is 6.91. The summed E-state index contributed by atoms with van der Waals surface area (Å²) in [5.74, 6) is -2.49. The van der Waals surface area contributed by atoms with Crippen LogP contribution in [-0.2, 0) is 28.6 Å². The Labute approximate surface area is 140 Å².